The van der Waals surface area contributed by atoms with Gasteiger partial charge in [-0.2, -0.15) is 5.01 Å². The summed E-state index contributed by atoms with van der Waals surface area (Å²) in [5.74, 6) is -0.604. The molecule has 0 aromatic heterocycles. The minimum atomic E-state index is -0.302. The Bertz CT molecular complexity index is 764. The molecule has 148 valence electrons. The molecule has 0 radical (unpaired) electrons. The fourth-order valence-corrected chi connectivity index (χ4v) is 3.63. The number of hydrogen-bond acceptors (Lipinski definition) is 3. The van der Waals surface area contributed by atoms with E-state index in [1.54, 1.807) is 24.3 Å². The number of benzene rings is 2. The lowest BCUT2D eigenvalue weighted by atomic mass is 10.0. The van der Waals surface area contributed by atoms with E-state index in [9.17, 15) is 9.59 Å². The number of carbonyl (C=O) groups is 2. The SMILES string of the molecule is CCCCCCCCCCc1ccc(NN2C(=O)c3ccccc3C2=O)cc1. The van der Waals surface area contributed by atoms with Gasteiger partial charge in [-0.05, 0) is 42.7 Å². The van der Waals surface area contributed by atoms with E-state index in [4.69, 9.17) is 0 Å². The van der Waals surface area contributed by atoms with Crippen LogP contribution in [0, 0.1) is 0 Å². The predicted octanol–water partition coefficient (Wildman–Crippen LogP) is 5.99. The highest BCUT2D eigenvalue weighted by Gasteiger charge is 2.35. The average molecular weight is 379 g/mol. The Labute approximate surface area is 167 Å². The summed E-state index contributed by atoms with van der Waals surface area (Å²) < 4.78 is 0. The third-order valence-corrected chi connectivity index (χ3v) is 5.31. The van der Waals surface area contributed by atoms with E-state index < -0.39 is 0 Å². The first kappa shape index (κ1) is 20.1. The van der Waals surface area contributed by atoms with E-state index in [2.05, 4.69) is 24.5 Å². The summed E-state index contributed by atoms with van der Waals surface area (Å²) in [5.41, 5.74) is 5.89. The van der Waals surface area contributed by atoms with Gasteiger partial charge in [-0.15, -0.1) is 0 Å². The van der Waals surface area contributed by atoms with Crippen LogP contribution in [0.1, 0.15) is 84.6 Å². The number of carbonyl (C=O) groups excluding carboxylic acids is 2. The van der Waals surface area contributed by atoms with Crippen molar-refractivity contribution in [2.45, 2.75) is 64.7 Å². The molecule has 28 heavy (non-hydrogen) atoms. The number of unbranched alkanes of at least 4 members (excludes halogenated alkanes) is 7. The minimum absolute atomic E-state index is 0.302. The first-order valence-corrected chi connectivity index (χ1v) is 10.5. The lowest BCUT2D eigenvalue weighted by molar-refractivity contribution is 0.0691. The molecule has 0 fully saturated rings. The smallest absolute Gasteiger partial charge is 0.280 e. The van der Waals surface area contributed by atoms with Gasteiger partial charge in [-0.25, -0.2) is 0 Å². The van der Waals surface area contributed by atoms with Crippen molar-refractivity contribution < 1.29 is 9.59 Å². The van der Waals surface area contributed by atoms with E-state index in [0.717, 1.165) is 17.1 Å². The molecule has 1 aliphatic heterocycles. The lowest BCUT2D eigenvalue weighted by Crippen LogP contribution is -2.35. The van der Waals surface area contributed by atoms with Crippen LogP contribution in [0.3, 0.4) is 0 Å². The Morgan fingerprint density at radius 1 is 0.714 bits per heavy atom. The number of nitrogens with zero attached hydrogens (tertiary/aromatic N) is 1. The minimum Gasteiger partial charge on any atom is -0.288 e. The summed E-state index contributed by atoms with van der Waals surface area (Å²) in [7, 11) is 0. The number of anilines is 1. The molecule has 4 heteroatoms. The molecule has 0 spiro atoms. The van der Waals surface area contributed by atoms with Crippen molar-refractivity contribution in [2.24, 2.45) is 0 Å². The summed E-state index contributed by atoms with van der Waals surface area (Å²) in [4.78, 5) is 24.8. The Kier molecular flexibility index (Phi) is 7.24. The average Bonchev–Trinajstić information content (AvgIpc) is 2.96. The number of aryl methyl sites for hydroxylation is 1. The van der Waals surface area contributed by atoms with Gasteiger partial charge in [0.2, 0.25) is 0 Å². The zero-order valence-electron chi connectivity index (χ0n) is 16.7. The van der Waals surface area contributed by atoms with E-state index in [1.165, 1.54) is 56.9 Å². The summed E-state index contributed by atoms with van der Waals surface area (Å²) >= 11 is 0. The van der Waals surface area contributed by atoms with Gasteiger partial charge in [0.05, 0.1) is 16.8 Å². The Hall–Kier alpha value is -2.62. The number of hydrogen-bond donors (Lipinski definition) is 1. The van der Waals surface area contributed by atoms with Gasteiger partial charge < -0.3 is 0 Å². The van der Waals surface area contributed by atoms with Crippen molar-refractivity contribution in [2.75, 3.05) is 5.43 Å². The highest BCUT2D eigenvalue weighted by Crippen LogP contribution is 2.23. The Morgan fingerprint density at radius 3 is 1.82 bits per heavy atom. The maximum absolute atomic E-state index is 12.4. The summed E-state index contributed by atoms with van der Waals surface area (Å²) in [6.45, 7) is 2.25. The van der Waals surface area contributed by atoms with Crippen molar-refractivity contribution in [3.05, 3.63) is 65.2 Å². The third-order valence-electron chi connectivity index (χ3n) is 5.31. The second kappa shape index (κ2) is 10.1. The van der Waals surface area contributed by atoms with Crippen molar-refractivity contribution in [3.63, 3.8) is 0 Å². The van der Waals surface area contributed by atoms with Gasteiger partial charge in [-0.1, -0.05) is 76.1 Å². The van der Waals surface area contributed by atoms with E-state index >= 15 is 0 Å². The molecule has 1 aliphatic rings. The van der Waals surface area contributed by atoms with Gasteiger partial charge in [-0.3, -0.25) is 15.0 Å². The van der Waals surface area contributed by atoms with Gasteiger partial charge in [0, 0.05) is 0 Å². The van der Waals surface area contributed by atoms with Crippen molar-refractivity contribution in [3.8, 4) is 0 Å². The molecule has 0 atom stereocenters. The van der Waals surface area contributed by atoms with E-state index in [1.807, 2.05) is 12.1 Å². The van der Waals surface area contributed by atoms with Crippen LogP contribution in [-0.4, -0.2) is 16.8 Å². The van der Waals surface area contributed by atoms with Crippen LogP contribution in [0.15, 0.2) is 48.5 Å². The Morgan fingerprint density at radius 2 is 1.25 bits per heavy atom. The first-order chi connectivity index (χ1) is 13.7. The maximum atomic E-state index is 12.4. The second-order valence-electron chi connectivity index (χ2n) is 7.52. The molecule has 4 nitrogen and oxygen atoms in total. The molecule has 0 saturated carbocycles. The fourth-order valence-electron chi connectivity index (χ4n) is 3.63. The van der Waals surface area contributed by atoms with E-state index in [0.29, 0.717) is 11.1 Å². The van der Waals surface area contributed by atoms with Crippen LogP contribution in [0.25, 0.3) is 0 Å². The van der Waals surface area contributed by atoms with Crippen LogP contribution < -0.4 is 5.43 Å². The lowest BCUT2D eigenvalue weighted by Gasteiger charge is -2.16. The summed E-state index contributed by atoms with van der Waals surface area (Å²) in [6.07, 6.45) is 11.6. The van der Waals surface area contributed by atoms with Crippen LogP contribution in [0.5, 0.6) is 0 Å². The van der Waals surface area contributed by atoms with Gasteiger partial charge >= 0.3 is 0 Å². The molecule has 1 N–H and O–H groups in total. The molecular weight excluding hydrogens is 348 g/mol. The number of rotatable bonds is 11. The standard InChI is InChI=1S/C24H30N2O2/c1-2-3-4-5-6-7-8-9-12-19-15-17-20(18-16-19)25-26-23(27)21-13-10-11-14-22(21)24(26)28/h10-11,13-18,25H,2-9,12H2,1H3. The molecule has 0 saturated heterocycles. The van der Waals surface area contributed by atoms with Crippen molar-refractivity contribution in [1.82, 2.24) is 5.01 Å². The van der Waals surface area contributed by atoms with Gasteiger partial charge in [0.15, 0.2) is 0 Å². The zero-order chi connectivity index (χ0) is 19.8. The van der Waals surface area contributed by atoms with Crippen LogP contribution in [-0.2, 0) is 6.42 Å². The van der Waals surface area contributed by atoms with E-state index in [-0.39, 0.29) is 11.8 Å². The zero-order valence-corrected chi connectivity index (χ0v) is 16.7. The first-order valence-electron chi connectivity index (χ1n) is 10.5. The van der Waals surface area contributed by atoms with Crippen LogP contribution >= 0.6 is 0 Å². The largest absolute Gasteiger partial charge is 0.288 e. The number of imide groups is 1. The van der Waals surface area contributed by atoms with Crippen molar-refractivity contribution >= 4 is 17.5 Å². The quantitative estimate of drug-likeness (QED) is 0.386. The molecule has 0 aliphatic carbocycles. The topological polar surface area (TPSA) is 49.4 Å². The summed E-state index contributed by atoms with van der Waals surface area (Å²) in [5, 5.41) is 1.10. The maximum Gasteiger partial charge on any atom is 0.280 e. The number of fused-ring (bicyclic) bond motifs is 1. The van der Waals surface area contributed by atoms with Crippen LogP contribution in [0.2, 0.25) is 0 Å². The number of nitrogens with one attached hydrogen (secondary N) is 1. The molecule has 3 rings (SSSR count). The second-order valence-corrected chi connectivity index (χ2v) is 7.52. The molecule has 2 aromatic carbocycles. The predicted molar refractivity (Wildman–Crippen MR) is 113 cm³/mol. The highest BCUT2D eigenvalue weighted by molar-refractivity contribution is 6.21. The van der Waals surface area contributed by atoms with Crippen molar-refractivity contribution in [1.29, 1.82) is 0 Å². The molecule has 2 amide bonds. The molecular formula is C24H30N2O2. The Balaban J connectivity index is 1.43. The molecule has 0 bridgehead atoms. The van der Waals surface area contributed by atoms with Gasteiger partial charge in [0.1, 0.15) is 0 Å². The molecule has 0 unspecified atom stereocenters. The molecule has 2 aromatic rings. The molecule has 1 heterocycles. The summed E-state index contributed by atoms with van der Waals surface area (Å²) in [6, 6.07) is 14.9. The highest BCUT2D eigenvalue weighted by atomic mass is 16.2. The van der Waals surface area contributed by atoms with Gasteiger partial charge in [0.25, 0.3) is 11.8 Å². The van der Waals surface area contributed by atoms with Crippen LogP contribution in [0.4, 0.5) is 5.69 Å². The normalized spacial score (nSPS) is 13.1. The number of amides is 2. The third kappa shape index (κ3) is 5.00. The monoisotopic (exact) mass is 378 g/mol. The fraction of sp³-hybridized carbons (Fsp3) is 0.417. The number of hydrazine groups is 1.